The molecule has 2 rings (SSSR count). The summed E-state index contributed by atoms with van der Waals surface area (Å²) >= 11 is 0. The van der Waals surface area contributed by atoms with Crippen molar-refractivity contribution in [2.45, 2.75) is 12.5 Å². The third-order valence-corrected chi connectivity index (χ3v) is 3.44. The minimum absolute atomic E-state index is 0.00148. The second-order valence-corrected chi connectivity index (χ2v) is 4.56. The van der Waals surface area contributed by atoms with E-state index in [1.165, 1.54) is 13.2 Å². The van der Waals surface area contributed by atoms with Gasteiger partial charge in [0.15, 0.2) is 11.6 Å². The van der Waals surface area contributed by atoms with Gasteiger partial charge in [-0.25, -0.2) is 4.39 Å². The molecule has 0 bridgehead atoms. The van der Waals surface area contributed by atoms with E-state index in [0.29, 0.717) is 6.42 Å². The monoisotopic (exact) mass is 263 g/mol. The molecule has 0 saturated carbocycles. The first-order chi connectivity index (χ1) is 9.26. The first-order valence-electron chi connectivity index (χ1n) is 6.41. The lowest BCUT2D eigenvalue weighted by molar-refractivity contribution is 0.175. The van der Waals surface area contributed by atoms with Gasteiger partial charge in [0.2, 0.25) is 0 Å². The molecule has 0 unspecified atom stereocenters. The maximum atomic E-state index is 13.4. The van der Waals surface area contributed by atoms with Gasteiger partial charge in [-0.3, -0.25) is 4.90 Å². The Kier molecular flexibility index (Phi) is 4.72. The number of methoxy groups -OCH3 is 1. The van der Waals surface area contributed by atoms with Crippen molar-refractivity contribution in [2.75, 3.05) is 33.3 Å². The van der Waals surface area contributed by atoms with Crippen molar-refractivity contribution >= 4 is 0 Å². The Hall–Kier alpha value is -1.64. The van der Waals surface area contributed by atoms with E-state index in [9.17, 15) is 4.39 Å². The first-order valence-corrected chi connectivity index (χ1v) is 6.41. The maximum absolute atomic E-state index is 13.4. The number of rotatable bonds is 4. The molecule has 4 nitrogen and oxygen atoms in total. The molecule has 0 amide bonds. The lowest BCUT2D eigenvalue weighted by atomic mass is 10.0. The van der Waals surface area contributed by atoms with Gasteiger partial charge in [-0.2, -0.15) is 5.26 Å². The van der Waals surface area contributed by atoms with Crippen LogP contribution in [0.2, 0.25) is 0 Å². The molecule has 5 heteroatoms. The van der Waals surface area contributed by atoms with Crippen molar-refractivity contribution in [1.82, 2.24) is 10.2 Å². The molecule has 1 aromatic carbocycles. The van der Waals surface area contributed by atoms with Crippen molar-refractivity contribution in [2.24, 2.45) is 0 Å². The van der Waals surface area contributed by atoms with Crippen LogP contribution in [0.3, 0.4) is 0 Å². The van der Waals surface area contributed by atoms with Crippen LogP contribution in [-0.2, 0) is 0 Å². The summed E-state index contributed by atoms with van der Waals surface area (Å²) in [5, 5.41) is 12.3. The lowest BCUT2D eigenvalue weighted by Crippen LogP contribution is -2.45. The normalized spacial score (nSPS) is 17.7. The summed E-state index contributed by atoms with van der Waals surface area (Å²) < 4.78 is 18.5. The van der Waals surface area contributed by atoms with Crippen LogP contribution < -0.4 is 10.1 Å². The van der Waals surface area contributed by atoms with Crippen LogP contribution in [0.5, 0.6) is 5.75 Å². The summed E-state index contributed by atoms with van der Waals surface area (Å²) in [6.07, 6.45) is 0.398. The maximum Gasteiger partial charge on any atom is 0.165 e. The predicted octanol–water partition coefficient (Wildman–Crippen LogP) is 1.69. The quantitative estimate of drug-likeness (QED) is 0.898. The Balaban J connectivity index is 2.25. The average molecular weight is 263 g/mol. The van der Waals surface area contributed by atoms with Crippen LogP contribution in [0.15, 0.2) is 18.2 Å². The zero-order chi connectivity index (χ0) is 13.7. The van der Waals surface area contributed by atoms with E-state index in [2.05, 4.69) is 16.3 Å². The number of benzene rings is 1. The number of nitrogens with zero attached hydrogens (tertiary/aromatic N) is 2. The van der Waals surface area contributed by atoms with Gasteiger partial charge >= 0.3 is 0 Å². The highest BCUT2D eigenvalue weighted by atomic mass is 19.1. The van der Waals surface area contributed by atoms with E-state index >= 15 is 0 Å². The third kappa shape index (κ3) is 3.22. The van der Waals surface area contributed by atoms with Crippen LogP contribution in [0.4, 0.5) is 4.39 Å². The second kappa shape index (κ2) is 6.50. The predicted molar refractivity (Wildman–Crippen MR) is 70.4 cm³/mol. The van der Waals surface area contributed by atoms with Gasteiger partial charge in [0.25, 0.3) is 0 Å². The highest BCUT2D eigenvalue weighted by Gasteiger charge is 2.22. The summed E-state index contributed by atoms with van der Waals surface area (Å²) in [5.74, 6) is -0.141. The van der Waals surface area contributed by atoms with Gasteiger partial charge in [0.05, 0.1) is 19.6 Å². The Morgan fingerprint density at radius 2 is 2.21 bits per heavy atom. The molecule has 0 aliphatic carbocycles. The van der Waals surface area contributed by atoms with E-state index < -0.39 is 0 Å². The zero-order valence-corrected chi connectivity index (χ0v) is 11.0. The fraction of sp³-hybridized carbons (Fsp3) is 0.500. The molecule has 0 spiro atoms. The van der Waals surface area contributed by atoms with E-state index in [1.54, 1.807) is 12.1 Å². The fourth-order valence-corrected chi connectivity index (χ4v) is 2.42. The minimum Gasteiger partial charge on any atom is -0.494 e. The highest BCUT2D eigenvalue weighted by molar-refractivity contribution is 5.32. The molecule has 0 radical (unpaired) electrons. The standard InChI is InChI=1S/C14H18FN3O/c1-19-14-10-11(2-3-12(14)15)13(4-5-16)18-8-6-17-7-9-18/h2-3,10,13,17H,4,6-9H2,1H3/t13-/m0/s1. The van der Waals surface area contributed by atoms with Crippen LogP contribution in [-0.4, -0.2) is 38.2 Å². The Bertz CT molecular complexity index is 466. The molecule has 1 aliphatic heterocycles. The molecule has 1 aromatic rings. The molecule has 1 atom stereocenters. The van der Waals surface area contributed by atoms with Crippen molar-refractivity contribution in [3.05, 3.63) is 29.6 Å². The van der Waals surface area contributed by atoms with Crippen LogP contribution >= 0.6 is 0 Å². The SMILES string of the molecule is COc1cc([C@H](CC#N)N2CCNCC2)ccc1F. The summed E-state index contributed by atoms with van der Waals surface area (Å²) in [4.78, 5) is 2.26. The number of hydrogen-bond donors (Lipinski definition) is 1. The summed E-state index contributed by atoms with van der Waals surface area (Å²) in [7, 11) is 1.45. The van der Waals surface area contributed by atoms with E-state index in [0.717, 1.165) is 31.7 Å². The molecular weight excluding hydrogens is 245 g/mol. The zero-order valence-electron chi connectivity index (χ0n) is 11.0. The summed E-state index contributed by atoms with van der Waals surface area (Å²) in [5.41, 5.74) is 0.932. The van der Waals surface area contributed by atoms with Gasteiger partial charge in [0, 0.05) is 32.2 Å². The molecule has 1 heterocycles. The van der Waals surface area contributed by atoms with Crippen molar-refractivity contribution in [1.29, 1.82) is 5.26 Å². The van der Waals surface area contributed by atoms with Crippen LogP contribution in [0.1, 0.15) is 18.0 Å². The second-order valence-electron chi connectivity index (χ2n) is 4.56. The average Bonchev–Trinajstić information content (AvgIpc) is 2.46. The van der Waals surface area contributed by atoms with E-state index in [-0.39, 0.29) is 17.6 Å². The number of ether oxygens (including phenoxy) is 1. The van der Waals surface area contributed by atoms with Crippen LogP contribution in [0, 0.1) is 17.1 Å². The van der Waals surface area contributed by atoms with Crippen molar-refractivity contribution < 1.29 is 9.13 Å². The number of nitrogens with one attached hydrogen (secondary N) is 1. The Labute approximate surface area is 112 Å². The summed E-state index contributed by atoms with van der Waals surface area (Å²) in [6, 6.07) is 7.06. The smallest absolute Gasteiger partial charge is 0.165 e. The van der Waals surface area contributed by atoms with Gasteiger partial charge in [-0.15, -0.1) is 0 Å². The number of hydrogen-bond acceptors (Lipinski definition) is 4. The molecule has 1 N–H and O–H groups in total. The van der Waals surface area contributed by atoms with E-state index in [4.69, 9.17) is 10.00 Å². The van der Waals surface area contributed by atoms with E-state index in [1.807, 2.05) is 0 Å². The topological polar surface area (TPSA) is 48.3 Å². The van der Waals surface area contributed by atoms with Gasteiger partial charge in [-0.1, -0.05) is 6.07 Å². The number of halogens is 1. The number of nitriles is 1. The Morgan fingerprint density at radius 1 is 1.47 bits per heavy atom. The fourth-order valence-electron chi connectivity index (χ4n) is 2.42. The largest absolute Gasteiger partial charge is 0.494 e. The third-order valence-electron chi connectivity index (χ3n) is 3.44. The molecule has 19 heavy (non-hydrogen) atoms. The molecule has 1 saturated heterocycles. The van der Waals surface area contributed by atoms with Crippen LogP contribution in [0.25, 0.3) is 0 Å². The molecule has 102 valence electrons. The minimum atomic E-state index is -0.373. The van der Waals surface area contributed by atoms with Gasteiger partial charge in [0.1, 0.15) is 0 Å². The van der Waals surface area contributed by atoms with Crippen molar-refractivity contribution in [3.8, 4) is 11.8 Å². The lowest BCUT2D eigenvalue weighted by Gasteiger charge is -2.34. The molecule has 0 aromatic heterocycles. The number of piperazine rings is 1. The molecular formula is C14H18FN3O. The van der Waals surface area contributed by atoms with Crippen molar-refractivity contribution in [3.63, 3.8) is 0 Å². The molecule has 1 aliphatic rings. The first kappa shape index (κ1) is 13.8. The van der Waals surface area contributed by atoms with Gasteiger partial charge in [-0.05, 0) is 17.7 Å². The highest BCUT2D eigenvalue weighted by Crippen LogP contribution is 2.28. The van der Waals surface area contributed by atoms with Gasteiger partial charge < -0.3 is 10.1 Å². The summed E-state index contributed by atoms with van der Waals surface area (Å²) in [6.45, 7) is 3.62. The molecule has 1 fully saturated rings. The Morgan fingerprint density at radius 3 is 2.84 bits per heavy atom.